The largest absolute Gasteiger partial charge is 0.497 e. The highest BCUT2D eigenvalue weighted by atomic mass is 16.7. The summed E-state index contributed by atoms with van der Waals surface area (Å²) in [7, 11) is 3.14. The molecule has 2 aliphatic heterocycles. The van der Waals surface area contributed by atoms with Crippen molar-refractivity contribution in [3.05, 3.63) is 48.5 Å². The summed E-state index contributed by atoms with van der Waals surface area (Å²) in [5.74, 6) is 1.40. The Labute approximate surface area is 243 Å². The molecule has 1 unspecified atom stereocenters. The third-order valence-corrected chi connectivity index (χ3v) is 6.50. The summed E-state index contributed by atoms with van der Waals surface area (Å²) in [6, 6.07) is 13.8. The Morgan fingerprint density at radius 3 is 1.64 bits per heavy atom. The van der Waals surface area contributed by atoms with Crippen LogP contribution in [0.15, 0.2) is 48.5 Å². The van der Waals surface area contributed by atoms with Gasteiger partial charge in [-0.2, -0.15) is 0 Å². The lowest BCUT2D eigenvalue weighted by atomic mass is 10.0. The van der Waals surface area contributed by atoms with Crippen LogP contribution in [0.5, 0.6) is 23.0 Å². The number of esters is 2. The second-order valence-corrected chi connectivity index (χ2v) is 9.57. The number of aliphatic hydroxyl groups excluding tert-OH is 3. The number of ether oxygens (including phenoxy) is 8. The third-order valence-electron chi connectivity index (χ3n) is 6.50. The molecule has 2 aliphatic rings. The van der Waals surface area contributed by atoms with E-state index in [1.165, 1.54) is 13.8 Å². The van der Waals surface area contributed by atoms with E-state index in [4.69, 9.17) is 43.0 Å². The molecule has 0 aromatic heterocycles. The molecule has 3 N–H and O–H groups in total. The molecule has 2 fully saturated rings. The molecule has 2 heterocycles. The van der Waals surface area contributed by atoms with Crippen LogP contribution in [0.1, 0.15) is 20.8 Å². The van der Waals surface area contributed by atoms with Crippen molar-refractivity contribution in [1.29, 1.82) is 0 Å². The fourth-order valence-electron chi connectivity index (χ4n) is 4.25. The van der Waals surface area contributed by atoms with E-state index in [9.17, 15) is 19.8 Å². The average Bonchev–Trinajstić information content (AvgIpc) is 3.42. The fourth-order valence-corrected chi connectivity index (χ4v) is 4.25. The second-order valence-electron chi connectivity index (χ2n) is 9.57. The number of carbonyl (C=O) groups is 2. The smallest absolute Gasteiger partial charge is 0.303 e. The number of hydrogen-bond donors (Lipinski definition) is 3. The Kier molecular flexibility index (Phi) is 12.2. The van der Waals surface area contributed by atoms with Gasteiger partial charge >= 0.3 is 11.9 Å². The fraction of sp³-hybridized carbons (Fsp3) is 0.517. The lowest BCUT2D eigenvalue weighted by molar-refractivity contribution is -0.157. The summed E-state index contributed by atoms with van der Waals surface area (Å²) in [5.41, 5.74) is 0. The Hall–Kier alpha value is -3.62. The molecule has 0 amide bonds. The summed E-state index contributed by atoms with van der Waals surface area (Å²) in [6.45, 7) is 4.12. The molecular weight excluding hydrogens is 556 g/mol. The van der Waals surface area contributed by atoms with Crippen LogP contribution >= 0.6 is 0 Å². The van der Waals surface area contributed by atoms with Crippen LogP contribution in [0.3, 0.4) is 0 Å². The van der Waals surface area contributed by atoms with Crippen molar-refractivity contribution in [2.75, 3.05) is 27.4 Å². The van der Waals surface area contributed by atoms with E-state index in [1.54, 1.807) is 62.8 Å². The monoisotopic (exact) mass is 594 g/mol. The van der Waals surface area contributed by atoms with E-state index in [2.05, 4.69) is 0 Å². The van der Waals surface area contributed by atoms with E-state index in [0.29, 0.717) is 23.0 Å². The van der Waals surface area contributed by atoms with Crippen molar-refractivity contribution in [2.24, 2.45) is 5.92 Å². The quantitative estimate of drug-likeness (QED) is 0.338. The van der Waals surface area contributed by atoms with Gasteiger partial charge in [0.1, 0.15) is 60.1 Å². The second kappa shape index (κ2) is 15.6. The van der Waals surface area contributed by atoms with Crippen molar-refractivity contribution in [3.8, 4) is 23.0 Å². The standard InChI is InChI=1S/C17H22O7.C12H16O6/c1-10-16(22-12(3)19)15(9-21-11(2)18)24-17(10)23-14-7-5-13(20-4)6-8-14;1-16-7-2-4-8(5-3-7)17-12-11(15)10(14)9(6-13)18-12/h5-8,10,15-17H,9H2,1-4H3;2-5,9-15H,6H2,1H3/t10-,15-,16+,17?;9-,10-,11-,12-/m11/s1. The molecule has 2 aromatic rings. The summed E-state index contributed by atoms with van der Waals surface area (Å²) in [6.07, 6.45) is -5.92. The first-order valence-corrected chi connectivity index (χ1v) is 13.3. The highest BCUT2D eigenvalue weighted by Gasteiger charge is 2.46. The summed E-state index contributed by atoms with van der Waals surface area (Å²) in [4.78, 5) is 22.3. The van der Waals surface area contributed by atoms with E-state index in [-0.39, 0.29) is 19.1 Å². The van der Waals surface area contributed by atoms with Crippen LogP contribution in [0.4, 0.5) is 0 Å². The molecule has 8 atom stereocenters. The van der Waals surface area contributed by atoms with Gasteiger partial charge in [-0.05, 0) is 48.5 Å². The molecule has 2 saturated heterocycles. The Bertz CT molecular complexity index is 1120. The zero-order valence-electron chi connectivity index (χ0n) is 24.1. The Morgan fingerprint density at radius 2 is 1.21 bits per heavy atom. The molecule has 232 valence electrons. The van der Waals surface area contributed by atoms with Crippen molar-refractivity contribution in [1.82, 2.24) is 0 Å². The molecule has 0 spiro atoms. The number of hydrogen-bond acceptors (Lipinski definition) is 13. The summed E-state index contributed by atoms with van der Waals surface area (Å²) in [5, 5.41) is 28.2. The number of methoxy groups -OCH3 is 2. The van der Waals surface area contributed by atoms with Crippen LogP contribution in [-0.2, 0) is 28.5 Å². The number of aliphatic hydroxyl groups is 3. The highest BCUT2D eigenvalue weighted by molar-refractivity contribution is 5.66. The molecule has 2 aromatic carbocycles. The number of rotatable bonds is 10. The van der Waals surface area contributed by atoms with Gasteiger partial charge in [-0.3, -0.25) is 9.59 Å². The predicted octanol–water partition coefficient (Wildman–Crippen LogP) is 1.44. The van der Waals surface area contributed by atoms with Gasteiger partial charge in [-0.1, -0.05) is 6.92 Å². The maximum atomic E-state index is 11.3. The first-order valence-electron chi connectivity index (χ1n) is 13.3. The molecule has 13 nitrogen and oxygen atoms in total. The van der Waals surface area contributed by atoms with Crippen LogP contribution < -0.4 is 18.9 Å². The van der Waals surface area contributed by atoms with Crippen LogP contribution in [-0.4, -0.2) is 97.8 Å². The Balaban J connectivity index is 0.000000240. The number of carbonyl (C=O) groups excluding carboxylic acids is 2. The Morgan fingerprint density at radius 1 is 0.738 bits per heavy atom. The molecule has 0 radical (unpaired) electrons. The van der Waals surface area contributed by atoms with Crippen molar-refractivity contribution < 1.29 is 62.8 Å². The van der Waals surface area contributed by atoms with Gasteiger partial charge in [0.25, 0.3) is 0 Å². The maximum Gasteiger partial charge on any atom is 0.303 e. The minimum atomic E-state index is -1.19. The van der Waals surface area contributed by atoms with E-state index in [1.807, 2.05) is 6.92 Å². The van der Waals surface area contributed by atoms with Gasteiger partial charge in [0, 0.05) is 13.8 Å². The van der Waals surface area contributed by atoms with Gasteiger partial charge in [0.2, 0.25) is 12.6 Å². The first kappa shape index (κ1) is 32.9. The average molecular weight is 595 g/mol. The minimum Gasteiger partial charge on any atom is -0.497 e. The zero-order chi connectivity index (χ0) is 30.8. The minimum absolute atomic E-state index is 0.0000918. The predicted molar refractivity (Wildman–Crippen MR) is 145 cm³/mol. The van der Waals surface area contributed by atoms with Gasteiger partial charge < -0.3 is 53.2 Å². The zero-order valence-corrected chi connectivity index (χ0v) is 24.1. The molecular formula is C29H38O13. The summed E-state index contributed by atoms with van der Waals surface area (Å²) < 4.78 is 42.6. The normalized spacial score (nSPS) is 28.2. The van der Waals surface area contributed by atoms with Gasteiger partial charge in [-0.25, -0.2) is 0 Å². The topological polar surface area (TPSA) is 169 Å². The molecule has 0 aliphatic carbocycles. The van der Waals surface area contributed by atoms with Crippen molar-refractivity contribution >= 4 is 11.9 Å². The van der Waals surface area contributed by atoms with Crippen molar-refractivity contribution in [3.63, 3.8) is 0 Å². The molecule has 0 bridgehead atoms. The summed E-state index contributed by atoms with van der Waals surface area (Å²) >= 11 is 0. The molecule has 13 heteroatoms. The van der Waals surface area contributed by atoms with Crippen molar-refractivity contribution in [2.45, 2.75) is 63.9 Å². The van der Waals surface area contributed by atoms with E-state index in [0.717, 1.165) is 0 Å². The lowest BCUT2D eigenvalue weighted by Crippen LogP contribution is -2.35. The molecule has 4 rings (SSSR count). The lowest BCUT2D eigenvalue weighted by Gasteiger charge is -2.20. The third kappa shape index (κ3) is 8.94. The maximum absolute atomic E-state index is 11.3. The molecule has 42 heavy (non-hydrogen) atoms. The SMILES string of the molecule is COc1ccc(OC2O[C@H](COC(C)=O)[C@@H](OC(C)=O)[C@H]2C)cc1.COc1ccc(O[C@@H]2O[C@H](CO)[C@@H](O)[C@H]2O)cc1. The number of benzene rings is 2. The van der Waals surface area contributed by atoms with Gasteiger partial charge in [-0.15, -0.1) is 0 Å². The highest BCUT2D eigenvalue weighted by Crippen LogP contribution is 2.32. The van der Waals surface area contributed by atoms with Gasteiger partial charge in [0.05, 0.1) is 26.7 Å². The first-order chi connectivity index (χ1) is 20.1. The van der Waals surface area contributed by atoms with Crippen LogP contribution in [0.2, 0.25) is 0 Å². The molecule has 0 saturated carbocycles. The van der Waals surface area contributed by atoms with Crippen LogP contribution in [0.25, 0.3) is 0 Å². The van der Waals surface area contributed by atoms with Crippen LogP contribution in [0, 0.1) is 5.92 Å². The van der Waals surface area contributed by atoms with Gasteiger partial charge in [0.15, 0.2) is 0 Å². The van der Waals surface area contributed by atoms with E-state index < -0.39 is 55.0 Å². The van der Waals surface area contributed by atoms with E-state index >= 15 is 0 Å².